The van der Waals surface area contributed by atoms with Crippen LogP contribution in [0.3, 0.4) is 0 Å². The Morgan fingerprint density at radius 2 is 2.32 bits per heavy atom. The number of nitrogens with zero attached hydrogens (tertiary/aromatic N) is 1. The van der Waals surface area contributed by atoms with E-state index in [-0.39, 0.29) is 18.6 Å². The molecule has 1 aromatic rings. The summed E-state index contributed by atoms with van der Waals surface area (Å²) in [5.74, 6) is 0.391. The second kappa shape index (κ2) is 6.46. The van der Waals surface area contributed by atoms with Gasteiger partial charge in [-0.1, -0.05) is 23.2 Å². The number of carbonyl (C=O) groups excluding carboxylic acids is 1. The molecule has 1 aliphatic heterocycles. The second-order valence-electron chi connectivity index (χ2n) is 4.38. The monoisotopic (exact) mass is 303 g/mol. The highest BCUT2D eigenvalue weighted by Crippen LogP contribution is 2.27. The normalized spacial score (nSPS) is 19.3. The largest absolute Gasteiger partial charge is 0.482 e. The summed E-state index contributed by atoms with van der Waals surface area (Å²) in [4.78, 5) is 13.7. The number of amides is 1. The van der Waals surface area contributed by atoms with Crippen LogP contribution in [-0.2, 0) is 9.53 Å². The van der Waals surface area contributed by atoms with E-state index in [0.29, 0.717) is 35.5 Å². The first-order valence-electron chi connectivity index (χ1n) is 6.03. The zero-order chi connectivity index (χ0) is 13.8. The number of benzene rings is 1. The molecule has 1 fully saturated rings. The van der Waals surface area contributed by atoms with Crippen molar-refractivity contribution in [3.63, 3.8) is 0 Å². The Labute approximate surface area is 122 Å². The number of hydrogen-bond donors (Lipinski definition) is 0. The summed E-state index contributed by atoms with van der Waals surface area (Å²) < 4.78 is 10.8. The van der Waals surface area contributed by atoms with Gasteiger partial charge in [0.05, 0.1) is 17.7 Å². The Bertz CT molecular complexity index is 467. The lowest BCUT2D eigenvalue weighted by Crippen LogP contribution is -2.46. The number of halogens is 2. The fraction of sp³-hybridized carbons (Fsp3) is 0.462. The molecule has 0 aliphatic carbocycles. The summed E-state index contributed by atoms with van der Waals surface area (Å²) in [5, 5.41) is 0.932. The van der Waals surface area contributed by atoms with Crippen molar-refractivity contribution in [2.24, 2.45) is 0 Å². The molecule has 1 amide bonds. The number of rotatable bonds is 3. The Hall–Kier alpha value is -0.970. The molecule has 0 N–H and O–H groups in total. The molecule has 1 aliphatic rings. The van der Waals surface area contributed by atoms with E-state index in [0.717, 1.165) is 0 Å². The molecule has 104 valence electrons. The number of morpholine rings is 1. The minimum Gasteiger partial charge on any atom is -0.482 e. The highest BCUT2D eigenvalue weighted by Gasteiger charge is 2.21. The van der Waals surface area contributed by atoms with Gasteiger partial charge in [-0.15, -0.1) is 0 Å². The van der Waals surface area contributed by atoms with Crippen LogP contribution in [0.2, 0.25) is 10.0 Å². The summed E-state index contributed by atoms with van der Waals surface area (Å²) >= 11 is 11.8. The average molecular weight is 304 g/mol. The van der Waals surface area contributed by atoms with Crippen molar-refractivity contribution in [1.82, 2.24) is 4.90 Å². The van der Waals surface area contributed by atoms with Crippen LogP contribution in [0, 0.1) is 0 Å². The second-order valence-corrected chi connectivity index (χ2v) is 5.23. The number of carbonyl (C=O) groups is 1. The van der Waals surface area contributed by atoms with E-state index in [4.69, 9.17) is 32.7 Å². The molecule has 0 radical (unpaired) electrons. The van der Waals surface area contributed by atoms with Crippen LogP contribution < -0.4 is 4.74 Å². The predicted octanol–water partition coefficient (Wildman–Crippen LogP) is 2.62. The van der Waals surface area contributed by atoms with E-state index < -0.39 is 0 Å². The Morgan fingerprint density at radius 1 is 1.53 bits per heavy atom. The highest BCUT2D eigenvalue weighted by molar-refractivity contribution is 6.35. The van der Waals surface area contributed by atoms with Gasteiger partial charge in [0.1, 0.15) is 5.75 Å². The molecular weight excluding hydrogens is 289 g/mol. The molecule has 1 saturated heterocycles. The third-order valence-electron chi connectivity index (χ3n) is 2.84. The van der Waals surface area contributed by atoms with Crippen LogP contribution >= 0.6 is 23.2 Å². The van der Waals surface area contributed by atoms with Gasteiger partial charge in [0.2, 0.25) is 0 Å². The van der Waals surface area contributed by atoms with Crippen LogP contribution in [0.1, 0.15) is 6.92 Å². The maximum atomic E-state index is 12.0. The molecule has 0 saturated carbocycles. The van der Waals surface area contributed by atoms with Gasteiger partial charge in [-0.2, -0.15) is 0 Å². The molecule has 0 bridgehead atoms. The van der Waals surface area contributed by atoms with Crippen LogP contribution in [0.25, 0.3) is 0 Å². The molecule has 0 spiro atoms. The maximum Gasteiger partial charge on any atom is 0.260 e. The minimum atomic E-state index is -0.0684. The molecule has 6 heteroatoms. The molecule has 0 aromatic heterocycles. The van der Waals surface area contributed by atoms with Crippen molar-refractivity contribution >= 4 is 29.1 Å². The van der Waals surface area contributed by atoms with Gasteiger partial charge in [-0.3, -0.25) is 4.79 Å². The molecule has 19 heavy (non-hydrogen) atoms. The fourth-order valence-corrected chi connectivity index (χ4v) is 2.33. The summed E-state index contributed by atoms with van der Waals surface area (Å²) in [7, 11) is 0. The van der Waals surface area contributed by atoms with Crippen LogP contribution in [0.5, 0.6) is 5.75 Å². The summed E-state index contributed by atoms with van der Waals surface area (Å²) in [6.45, 7) is 3.66. The Balaban J connectivity index is 1.89. The third kappa shape index (κ3) is 4.00. The van der Waals surface area contributed by atoms with Gasteiger partial charge in [-0.25, -0.2) is 0 Å². The first kappa shape index (κ1) is 14.4. The van der Waals surface area contributed by atoms with Crippen LogP contribution in [0.4, 0.5) is 0 Å². The first-order chi connectivity index (χ1) is 9.06. The van der Waals surface area contributed by atoms with Crippen molar-refractivity contribution in [3.8, 4) is 5.75 Å². The van der Waals surface area contributed by atoms with E-state index >= 15 is 0 Å². The lowest BCUT2D eigenvalue weighted by molar-refractivity contribution is -0.140. The quantitative estimate of drug-likeness (QED) is 0.861. The van der Waals surface area contributed by atoms with Gasteiger partial charge in [0.15, 0.2) is 6.61 Å². The molecule has 1 atom stereocenters. The Kier molecular flexibility index (Phi) is 4.91. The molecule has 1 unspecified atom stereocenters. The minimum absolute atomic E-state index is 0.0337. The van der Waals surface area contributed by atoms with Gasteiger partial charge in [0.25, 0.3) is 5.91 Å². The first-order valence-corrected chi connectivity index (χ1v) is 6.79. The van der Waals surface area contributed by atoms with E-state index in [1.165, 1.54) is 0 Å². The maximum absolute atomic E-state index is 12.0. The van der Waals surface area contributed by atoms with E-state index in [9.17, 15) is 4.79 Å². The number of hydrogen-bond acceptors (Lipinski definition) is 3. The van der Waals surface area contributed by atoms with Crippen molar-refractivity contribution in [2.75, 3.05) is 26.3 Å². The average Bonchev–Trinajstić information content (AvgIpc) is 2.37. The summed E-state index contributed by atoms with van der Waals surface area (Å²) in [6.07, 6.45) is 0.0665. The van der Waals surface area contributed by atoms with Crippen molar-refractivity contribution in [3.05, 3.63) is 28.2 Å². The highest BCUT2D eigenvalue weighted by atomic mass is 35.5. The molecule has 1 aromatic carbocycles. The molecule has 4 nitrogen and oxygen atoms in total. The predicted molar refractivity (Wildman–Crippen MR) is 74.0 cm³/mol. The van der Waals surface area contributed by atoms with E-state index in [1.54, 1.807) is 23.1 Å². The Morgan fingerprint density at radius 3 is 3.00 bits per heavy atom. The lowest BCUT2D eigenvalue weighted by atomic mass is 10.3. The lowest BCUT2D eigenvalue weighted by Gasteiger charge is -2.31. The van der Waals surface area contributed by atoms with Gasteiger partial charge in [-0.05, 0) is 25.1 Å². The van der Waals surface area contributed by atoms with Gasteiger partial charge < -0.3 is 14.4 Å². The zero-order valence-electron chi connectivity index (χ0n) is 10.6. The third-order valence-corrected chi connectivity index (χ3v) is 3.37. The van der Waals surface area contributed by atoms with Gasteiger partial charge in [0, 0.05) is 18.1 Å². The number of ether oxygens (including phenoxy) is 2. The van der Waals surface area contributed by atoms with E-state index in [1.807, 2.05) is 6.92 Å². The van der Waals surface area contributed by atoms with Crippen molar-refractivity contribution in [2.45, 2.75) is 13.0 Å². The smallest absolute Gasteiger partial charge is 0.260 e. The standard InChI is InChI=1S/C13H15Cl2NO3/c1-9-7-16(4-5-18-9)13(17)8-19-12-3-2-10(14)6-11(12)15/h2-3,6,9H,4-5,7-8H2,1H3. The molecule has 2 rings (SSSR count). The fourth-order valence-electron chi connectivity index (χ4n) is 1.87. The molecular formula is C13H15Cl2NO3. The van der Waals surface area contributed by atoms with Crippen LogP contribution in [-0.4, -0.2) is 43.2 Å². The van der Waals surface area contributed by atoms with E-state index in [2.05, 4.69) is 0 Å². The van der Waals surface area contributed by atoms with Gasteiger partial charge >= 0.3 is 0 Å². The summed E-state index contributed by atoms with van der Waals surface area (Å²) in [5.41, 5.74) is 0. The van der Waals surface area contributed by atoms with Crippen LogP contribution in [0.15, 0.2) is 18.2 Å². The zero-order valence-corrected chi connectivity index (χ0v) is 12.1. The summed E-state index contributed by atoms with van der Waals surface area (Å²) in [6, 6.07) is 4.91. The molecule has 1 heterocycles. The topological polar surface area (TPSA) is 38.8 Å². The van der Waals surface area contributed by atoms with Crippen molar-refractivity contribution in [1.29, 1.82) is 0 Å². The SMILES string of the molecule is CC1CN(C(=O)COc2ccc(Cl)cc2Cl)CCO1. The van der Waals surface area contributed by atoms with Crippen molar-refractivity contribution < 1.29 is 14.3 Å².